The molecule has 0 radical (unpaired) electrons. The Labute approximate surface area is 95.2 Å². The van der Waals surface area contributed by atoms with E-state index >= 15 is 0 Å². The summed E-state index contributed by atoms with van der Waals surface area (Å²) in [6.45, 7) is 4.51. The van der Waals surface area contributed by atoms with Crippen LogP contribution in [0, 0.1) is 6.92 Å². The van der Waals surface area contributed by atoms with E-state index in [9.17, 15) is 4.39 Å². The van der Waals surface area contributed by atoms with Crippen molar-refractivity contribution in [2.24, 2.45) is 0 Å². The number of halogens is 1. The highest BCUT2D eigenvalue weighted by atomic mass is 19.1. The predicted molar refractivity (Wildman–Crippen MR) is 59.1 cm³/mol. The Morgan fingerprint density at radius 2 is 2.38 bits per heavy atom. The molecule has 0 spiro atoms. The first kappa shape index (κ1) is 11.6. The molecule has 2 heterocycles. The Kier molecular flexibility index (Phi) is 3.96. The molecule has 0 aliphatic carbocycles. The van der Waals surface area contributed by atoms with Gasteiger partial charge in [-0.25, -0.2) is 4.39 Å². The summed E-state index contributed by atoms with van der Waals surface area (Å²) in [5.41, 5.74) is 0. The van der Waals surface area contributed by atoms with Crippen molar-refractivity contribution in [2.75, 3.05) is 26.4 Å². The van der Waals surface area contributed by atoms with Crippen LogP contribution in [-0.2, 0) is 11.3 Å². The van der Waals surface area contributed by atoms with Crippen molar-refractivity contribution in [3.8, 4) is 0 Å². The molecule has 1 aliphatic heterocycles. The first-order valence-corrected chi connectivity index (χ1v) is 5.73. The van der Waals surface area contributed by atoms with Gasteiger partial charge in [-0.3, -0.25) is 4.90 Å². The number of rotatable bonds is 3. The maximum absolute atomic E-state index is 12.6. The van der Waals surface area contributed by atoms with Crippen molar-refractivity contribution < 1.29 is 13.5 Å². The SMILES string of the molecule is Cc1ccc(CN2CCCO[C@@H](CF)C2)o1. The third-order valence-electron chi connectivity index (χ3n) is 2.78. The highest BCUT2D eigenvalue weighted by Crippen LogP contribution is 2.13. The molecule has 1 fully saturated rings. The zero-order chi connectivity index (χ0) is 11.4. The van der Waals surface area contributed by atoms with Crippen LogP contribution in [0.25, 0.3) is 0 Å². The van der Waals surface area contributed by atoms with Crippen molar-refractivity contribution in [3.05, 3.63) is 23.7 Å². The molecular formula is C12H18FNO2. The number of hydrogen-bond acceptors (Lipinski definition) is 3. The first-order chi connectivity index (χ1) is 7.78. The summed E-state index contributed by atoms with van der Waals surface area (Å²) in [6, 6.07) is 3.93. The summed E-state index contributed by atoms with van der Waals surface area (Å²) in [6.07, 6.45) is 0.675. The lowest BCUT2D eigenvalue weighted by Gasteiger charge is -2.20. The predicted octanol–water partition coefficient (Wildman–Crippen LogP) is 2.15. The Morgan fingerprint density at radius 3 is 3.06 bits per heavy atom. The minimum atomic E-state index is -0.409. The van der Waals surface area contributed by atoms with Crippen LogP contribution >= 0.6 is 0 Å². The maximum atomic E-state index is 12.6. The van der Waals surface area contributed by atoms with Gasteiger partial charge in [0, 0.05) is 19.7 Å². The summed E-state index contributed by atoms with van der Waals surface area (Å²) in [5.74, 6) is 1.86. The molecule has 3 nitrogen and oxygen atoms in total. The Hall–Kier alpha value is -0.870. The maximum Gasteiger partial charge on any atom is 0.118 e. The fourth-order valence-electron chi connectivity index (χ4n) is 2.00. The fraction of sp³-hybridized carbons (Fsp3) is 0.667. The molecule has 1 aliphatic rings. The van der Waals surface area contributed by atoms with E-state index in [2.05, 4.69) is 4.90 Å². The van der Waals surface area contributed by atoms with E-state index in [1.54, 1.807) is 0 Å². The van der Waals surface area contributed by atoms with Gasteiger partial charge in [-0.1, -0.05) is 0 Å². The zero-order valence-electron chi connectivity index (χ0n) is 9.62. The van der Waals surface area contributed by atoms with Gasteiger partial charge in [0.05, 0.1) is 12.6 Å². The number of nitrogens with zero attached hydrogens (tertiary/aromatic N) is 1. The molecule has 0 aromatic carbocycles. The third-order valence-corrected chi connectivity index (χ3v) is 2.78. The van der Waals surface area contributed by atoms with Crippen molar-refractivity contribution >= 4 is 0 Å². The van der Waals surface area contributed by atoms with Gasteiger partial charge in [0.2, 0.25) is 0 Å². The minimum Gasteiger partial charge on any atom is -0.465 e. The second kappa shape index (κ2) is 5.46. The Bertz CT molecular complexity index is 327. The molecule has 0 saturated carbocycles. The van der Waals surface area contributed by atoms with Gasteiger partial charge in [-0.05, 0) is 25.5 Å². The smallest absolute Gasteiger partial charge is 0.118 e. The second-order valence-corrected chi connectivity index (χ2v) is 4.25. The van der Waals surface area contributed by atoms with E-state index in [0.717, 1.165) is 31.0 Å². The van der Waals surface area contributed by atoms with Crippen LogP contribution in [0.15, 0.2) is 16.5 Å². The number of ether oxygens (including phenoxy) is 1. The van der Waals surface area contributed by atoms with Gasteiger partial charge in [-0.15, -0.1) is 0 Å². The molecule has 1 aromatic heterocycles. The summed E-state index contributed by atoms with van der Waals surface area (Å²) >= 11 is 0. The van der Waals surface area contributed by atoms with Gasteiger partial charge < -0.3 is 9.15 Å². The lowest BCUT2D eigenvalue weighted by atomic mass is 10.3. The van der Waals surface area contributed by atoms with Crippen LogP contribution in [0.4, 0.5) is 4.39 Å². The van der Waals surface area contributed by atoms with Crippen LogP contribution in [0.3, 0.4) is 0 Å². The largest absolute Gasteiger partial charge is 0.465 e. The Balaban J connectivity index is 1.92. The van der Waals surface area contributed by atoms with Crippen LogP contribution < -0.4 is 0 Å². The van der Waals surface area contributed by atoms with Gasteiger partial charge >= 0.3 is 0 Å². The number of hydrogen-bond donors (Lipinski definition) is 0. The molecule has 90 valence electrons. The van der Waals surface area contributed by atoms with Gasteiger partial charge in [0.25, 0.3) is 0 Å². The van der Waals surface area contributed by atoms with E-state index in [-0.39, 0.29) is 6.10 Å². The van der Waals surface area contributed by atoms with E-state index in [1.165, 1.54) is 0 Å². The van der Waals surface area contributed by atoms with Gasteiger partial charge in [-0.2, -0.15) is 0 Å². The van der Waals surface area contributed by atoms with Crippen LogP contribution in [-0.4, -0.2) is 37.4 Å². The normalized spacial score (nSPS) is 23.2. The summed E-state index contributed by atoms with van der Waals surface area (Å²) < 4.78 is 23.5. The number of alkyl halides is 1. The first-order valence-electron chi connectivity index (χ1n) is 5.73. The monoisotopic (exact) mass is 227 g/mol. The topological polar surface area (TPSA) is 25.6 Å². The average Bonchev–Trinajstić information content (AvgIpc) is 2.55. The molecule has 1 saturated heterocycles. The van der Waals surface area contributed by atoms with Gasteiger partial charge in [0.15, 0.2) is 0 Å². The van der Waals surface area contributed by atoms with Gasteiger partial charge in [0.1, 0.15) is 18.2 Å². The standard InChI is InChI=1S/C12H18FNO2/c1-10-3-4-11(16-10)8-14-5-2-6-15-12(7-13)9-14/h3-4,12H,2,5-9H2,1H3/t12-/m0/s1. The molecule has 0 bridgehead atoms. The molecule has 0 amide bonds. The van der Waals surface area contributed by atoms with Crippen molar-refractivity contribution in [1.29, 1.82) is 0 Å². The molecule has 1 atom stereocenters. The lowest BCUT2D eigenvalue weighted by molar-refractivity contribution is 0.0352. The quantitative estimate of drug-likeness (QED) is 0.791. The highest BCUT2D eigenvalue weighted by Gasteiger charge is 2.19. The number of aryl methyl sites for hydroxylation is 1. The zero-order valence-corrected chi connectivity index (χ0v) is 9.62. The molecule has 4 heteroatoms. The minimum absolute atomic E-state index is 0.279. The fourth-order valence-corrected chi connectivity index (χ4v) is 2.00. The van der Waals surface area contributed by atoms with E-state index in [1.807, 2.05) is 19.1 Å². The van der Waals surface area contributed by atoms with Crippen molar-refractivity contribution in [2.45, 2.75) is 26.0 Å². The molecule has 16 heavy (non-hydrogen) atoms. The van der Waals surface area contributed by atoms with Crippen LogP contribution in [0.1, 0.15) is 17.9 Å². The average molecular weight is 227 g/mol. The third kappa shape index (κ3) is 3.06. The lowest BCUT2D eigenvalue weighted by Crippen LogP contribution is -2.32. The van der Waals surface area contributed by atoms with Crippen molar-refractivity contribution in [1.82, 2.24) is 4.90 Å². The van der Waals surface area contributed by atoms with E-state index < -0.39 is 6.67 Å². The Morgan fingerprint density at radius 1 is 1.50 bits per heavy atom. The van der Waals surface area contributed by atoms with Crippen LogP contribution in [0.2, 0.25) is 0 Å². The van der Waals surface area contributed by atoms with Crippen LogP contribution in [0.5, 0.6) is 0 Å². The summed E-state index contributed by atoms with van der Waals surface area (Å²) in [7, 11) is 0. The number of furan rings is 1. The summed E-state index contributed by atoms with van der Waals surface area (Å²) in [5, 5.41) is 0. The molecular weight excluding hydrogens is 209 g/mol. The second-order valence-electron chi connectivity index (χ2n) is 4.25. The van der Waals surface area contributed by atoms with E-state index in [4.69, 9.17) is 9.15 Å². The highest BCUT2D eigenvalue weighted by molar-refractivity contribution is 5.05. The molecule has 1 aromatic rings. The molecule has 2 rings (SSSR count). The summed E-state index contributed by atoms with van der Waals surface area (Å²) in [4.78, 5) is 2.19. The van der Waals surface area contributed by atoms with Crippen molar-refractivity contribution in [3.63, 3.8) is 0 Å². The molecule has 0 unspecified atom stereocenters. The van der Waals surface area contributed by atoms with E-state index in [0.29, 0.717) is 13.2 Å². The molecule has 0 N–H and O–H groups in total.